The molecule has 24 heavy (non-hydrogen) atoms. The van der Waals surface area contributed by atoms with Gasteiger partial charge in [0.1, 0.15) is 5.25 Å². The van der Waals surface area contributed by atoms with Crippen LogP contribution in [-0.2, 0) is 21.0 Å². The van der Waals surface area contributed by atoms with Crippen molar-refractivity contribution >= 4 is 33.1 Å². The number of anilines is 1. The summed E-state index contributed by atoms with van der Waals surface area (Å²) in [6, 6.07) is 2.76. The number of carbonyl (C=O) groups excluding carboxylic acids is 1. The van der Waals surface area contributed by atoms with Crippen LogP contribution in [0.2, 0.25) is 5.02 Å². The van der Waals surface area contributed by atoms with E-state index in [2.05, 4.69) is 0 Å². The van der Waals surface area contributed by atoms with Crippen molar-refractivity contribution in [1.82, 2.24) is 0 Å². The van der Waals surface area contributed by atoms with Gasteiger partial charge in [0.05, 0.1) is 11.3 Å². The second kappa shape index (κ2) is 6.92. The van der Waals surface area contributed by atoms with Crippen molar-refractivity contribution in [2.45, 2.75) is 44.0 Å². The largest absolute Gasteiger partial charge is 0.418 e. The van der Waals surface area contributed by atoms with Crippen LogP contribution in [0.3, 0.4) is 0 Å². The summed E-state index contributed by atoms with van der Waals surface area (Å²) in [6.07, 6.45) is -3.20. The van der Waals surface area contributed by atoms with Gasteiger partial charge < -0.3 is 0 Å². The molecule has 0 heterocycles. The second-order valence-electron chi connectivity index (χ2n) is 5.84. The maximum absolute atomic E-state index is 13.1. The first-order valence-corrected chi connectivity index (χ1v) is 9.38. The SMILES string of the molecule is CCC1CCC(=O)C(S(=O)(=O)Nc2ccc(Cl)cc2C(F)(F)F)C1. The van der Waals surface area contributed by atoms with Crippen LogP contribution in [0.5, 0.6) is 0 Å². The number of alkyl halides is 3. The van der Waals surface area contributed by atoms with Gasteiger partial charge in [0.25, 0.3) is 0 Å². The number of sulfonamides is 1. The lowest BCUT2D eigenvalue weighted by Gasteiger charge is -2.27. The Labute approximate surface area is 143 Å². The molecule has 2 atom stereocenters. The molecule has 0 amide bonds. The third-order valence-corrected chi connectivity index (χ3v) is 6.14. The number of ketones is 1. The molecule has 134 valence electrons. The predicted octanol–water partition coefficient (Wildman–Crippen LogP) is 4.25. The van der Waals surface area contributed by atoms with E-state index in [4.69, 9.17) is 11.6 Å². The molecule has 1 saturated carbocycles. The van der Waals surface area contributed by atoms with E-state index in [1.165, 1.54) is 0 Å². The highest BCUT2D eigenvalue weighted by Crippen LogP contribution is 2.38. The lowest BCUT2D eigenvalue weighted by Crippen LogP contribution is -2.39. The molecule has 0 radical (unpaired) electrons. The molecular formula is C15H17ClF3NO3S. The molecule has 0 aromatic heterocycles. The summed E-state index contributed by atoms with van der Waals surface area (Å²) in [4.78, 5) is 12.0. The first-order valence-electron chi connectivity index (χ1n) is 7.45. The minimum absolute atomic E-state index is 0.0663. The molecule has 1 aliphatic rings. The fourth-order valence-corrected chi connectivity index (χ4v) is 4.58. The number of halogens is 4. The molecule has 4 nitrogen and oxygen atoms in total. The Morgan fingerprint density at radius 3 is 2.58 bits per heavy atom. The standard InChI is InChI=1S/C15H17ClF3NO3S/c1-2-9-3-6-13(21)14(7-9)24(22,23)20-12-5-4-10(16)8-11(12)15(17,18)19/h4-5,8-9,14,20H,2-3,6-7H2,1H3. The van der Waals surface area contributed by atoms with Crippen molar-refractivity contribution in [3.8, 4) is 0 Å². The highest BCUT2D eigenvalue weighted by atomic mass is 35.5. The summed E-state index contributed by atoms with van der Waals surface area (Å²) in [6.45, 7) is 1.89. The molecule has 2 unspecified atom stereocenters. The summed E-state index contributed by atoms with van der Waals surface area (Å²) >= 11 is 5.57. The Hall–Kier alpha value is -1.28. The van der Waals surface area contributed by atoms with E-state index < -0.39 is 38.5 Å². The maximum atomic E-state index is 13.1. The van der Waals surface area contributed by atoms with E-state index in [-0.39, 0.29) is 23.8 Å². The van der Waals surface area contributed by atoms with Crippen molar-refractivity contribution in [3.05, 3.63) is 28.8 Å². The molecule has 9 heteroatoms. The van der Waals surface area contributed by atoms with Crippen LogP contribution in [0.4, 0.5) is 18.9 Å². The van der Waals surface area contributed by atoms with Gasteiger partial charge in [-0.1, -0.05) is 24.9 Å². The molecule has 1 N–H and O–H groups in total. The zero-order valence-corrected chi connectivity index (χ0v) is 14.4. The third kappa shape index (κ3) is 4.22. The Morgan fingerprint density at radius 2 is 2.00 bits per heavy atom. The number of hydrogen-bond donors (Lipinski definition) is 1. The average molecular weight is 384 g/mol. The van der Waals surface area contributed by atoms with Crippen LogP contribution in [0, 0.1) is 5.92 Å². The Balaban J connectivity index is 2.34. The molecule has 1 aliphatic carbocycles. The van der Waals surface area contributed by atoms with Crippen molar-refractivity contribution in [2.75, 3.05) is 4.72 Å². The molecule has 1 aromatic carbocycles. The maximum Gasteiger partial charge on any atom is 0.418 e. The van der Waals surface area contributed by atoms with Gasteiger partial charge in [-0.2, -0.15) is 13.2 Å². The fraction of sp³-hybridized carbons (Fsp3) is 0.533. The van der Waals surface area contributed by atoms with E-state index in [0.717, 1.165) is 12.1 Å². The highest BCUT2D eigenvalue weighted by molar-refractivity contribution is 7.94. The van der Waals surface area contributed by atoms with Crippen LogP contribution >= 0.6 is 11.6 Å². The highest BCUT2D eigenvalue weighted by Gasteiger charge is 2.40. The number of benzene rings is 1. The Morgan fingerprint density at radius 1 is 1.33 bits per heavy atom. The molecule has 0 saturated heterocycles. The smallest absolute Gasteiger partial charge is 0.298 e. The summed E-state index contributed by atoms with van der Waals surface area (Å²) in [7, 11) is -4.27. The van der Waals surface area contributed by atoms with Gasteiger partial charge >= 0.3 is 6.18 Å². The zero-order valence-electron chi connectivity index (χ0n) is 12.9. The van der Waals surface area contributed by atoms with Crippen molar-refractivity contribution < 1.29 is 26.4 Å². The molecule has 0 spiro atoms. The predicted molar refractivity (Wildman–Crippen MR) is 85.4 cm³/mol. The fourth-order valence-electron chi connectivity index (χ4n) is 2.79. The number of nitrogens with one attached hydrogen (secondary N) is 1. The van der Waals surface area contributed by atoms with Crippen LogP contribution in [-0.4, -0.2) is 19.5 Å². The molecular weight excluding hydrogens is 367 g/mol. The van der Waals surface area contributed by atoms with Gasteiger partial charge in [0.15, 0.2) is 5.78 Å². The van der Waals surface area contributed by atoms with Crippen LogP contribution < -0.4 is 4.72 Å². The van der Waals surface area contributed by atoms with E-state index in [0.29, 0.717) is 18.9 Å². The molecule has 1 aromatic rings. The first kappa shape index (κ1) is 19.1. The van der Waals surface area contributed by atoms with Crippen molar-refractivity contribution in [3.63, 3.8) is 0 Å². The molecule has 1 fully saturated rings. The van der Waals surface area contributed by atoms with E-state index in [9.17, 15) is 26.4 Å². The van der Waals surface area contributed by atoms with Crippen LogP contribution in [0.1, 0.15) is 38.2 Å². The van der Waals surface area contributed by atoms with Crippen molar-refractivity contribution in [1.29, 1.82) is 0 Å². The van der Waals surface area contributed by atoms with E-state index >= 15 is 0 Å². The zero-order chi connectivity index (χ0) is 18.1. The summed E-state index contributed by atoms with van der Waals surface area (Å²) < 4.78 is 66.1. The second-order valence-corrected chi connectivity index (χ2v) is 8.14. The third-order valence-electron chi connectivity index (χ3n) is 4.20. The minimum atomic E-state index is -4.77. The van der Waals surface area contributed by atoms with Gasteiger partial charge in [-0.15, -0.1) is 0 Å². The van der Waals surface area contributed by atoms with Gasteiger partial charge in [-0.3, -0.25) is 9.52 Å². The monoisotopic (exact) mass is 383 g/mol. The van der Waals surface area contributed by atoms with Crippen molar-refractivity contribution in [2.24, 2.45) is 5.92 Å². The lowest BCUT2D eigenvalue weighted by molar-refractivity contribution is -0.136. The van der Waals surface area contributed by atoms with Crippen LogP contribution in [0.25, 0.3) is 0 Å². The summed E-state index contributed by atoms with van der Waals surface area (Å²) in [5, 5.41) is -1.49. The number of rotatable bonds is 4. The number of carbonyl (C=O) groups is 1. The lowest BCUT2D eigenvalue weighted by atomic mass is 9.86. The van der Waals surface area contributed by atoms with Gasteiger partial charge in [0, 0.05) is 11.4 Å². The van der Waals surface area contributed by atoms with Gasteiger partial charge in [-0.25, -0.2) is 8.42 Å². The quantitative estimate of drug-likeness (QED) is 0.845. The summed E-state index contributed by atoms with van der Waals surface area (Å²) in [5.41, 5.74) is -1.81. The normalized spacial score (nSPS) is 22.5. The molecule has 0 bridgehead atoms. The Bertz CT molecular complexity index is 734. The van der Waals surface area contributed by atoms with Gasteiger partial charge in [0.2, 0.25) is 10.0 Å². The molecule has 0 aliphatic heterocycles. The number of hydrogen-bond acceptors (Lipinski definition) is 3. The summed E-state index contributed by atoms with van der Waals surface area (Å²) in [5.74, 6) is -0.397. The number of Topliss-reactive ketones (excluding diaryl/α,β-unsaturated/α-hetero) is 1. The van der Waals surface area contributed by atoms with E-state index in [1.807, 2.05) is 11.6 Å². The topological polar surface area (TPSA) is 63.2 Å². The molecule has 2 rings (SSSR count). The van der Waals surface area contributed by atoms with E-state index in [1.54, 1.807) is 0 Å². The minimum Gasteiger partial charge on any atom is -0.298 e. The van der Waals surface area contributed by atoms with Crippen LogP contribution in [0.15, 0.2) is 18.2 Å². The first-order chi connectivity index (χ1) is 11.0. The average Bonchev–Trinajstić information content (AvgIpc) is 2.48. The Kier molecular flexibility index (Phi) is 5.49. The van der Waals surface area contributed by atoms with Gasteiger partial charge in [-0.05, 0) is 37.0 Å².